The zero-order valence-corrected chi connectivity index (χ0v) is 20.6. The maximum absolute atomic E-state index is 13.3. The van der Waals surface area contributed by atoms with Gasteiger partial charge in [0.15, 0.2) is 11.6 Å². The fourth-order valence-corrected chi connectivity index (χ4v) is 5.22. The van der Waals surface area contributed by atoms with E-state index in [0.29, 0.717) is 36.4 Å². The van der Waals surface area contributed by atoms with E-state index in [2.05, 4.69) is 24.6 Å². The monoisotopic (exact) mass is 449 g/mol. The van der Waals surface area contributed by atoms with Gasteiger partial charge < -0.3 is 19.8 Å². The van der Waals surface area contributed by atoms with Crippen molar-refractivity contribution >= 4 is 31.2 Å². The van der Waals surface area contributed by atoms with Gasteiger partial charge in [-0.1, -0.05) is 46.5 Å². The second kappa shape index (κ2) is 9.80. The number of amides is 2. The number of carbonyl (C=O) groups excluding carboxylic acids is 3. The van der Waals surface area contributed by atoms with Gasteiger partial charge in [-0.15, -0.1) is 0 Å². The van der Waals surface area contributed by atoms with E-state index in [1.165, 1.54) is 6.08 Å². The van der Waals surface area contributed by atoms with E-state index >= 15 is 0 Å². The van der Waals surface area contributed by atoms with Crippen LogP contribution in [0.5, 0.6) is 0 Å². The summed E-state index contributed by atoms with van der Waals surface area (Å²) in [7, 11) is -1.93. The second-order valence-electron chi connectivity index (χ2n) is 9.58. The van der Waals surface area contributed by atoms with E-state index in [9.17, 15) is 14.4 Å². The number of aromatic nitrogens is 1. The number of hydrogen-bond donors (Lipinski definition) is 1. The molecule has 3 atom stereocenters. The number of oxazole rings is 1. The molecule has 31 heavy (non-hydrogen) atoms. The minimum absolute atomic E-state index is 0.0266. The summed E-state index contributed by atoms with van der Waals surface area (Å²) in [5.41, 5.74) is 5.49. The maximum Gasteiger partial charge on any atom is 0.329 e. The van der Waals surface area contributed by atoms with Crippen molar-refractivity contribution in [3.8, 4) is 0 Å². The average molecular weight is 450 g/mol. The Labute approximate surface area is 185 Å². The van der Waals surface area contributed by atoms with Crippen molar-refractivity contribution in [2.24, 2.45) is 17.6 Å². The lowest BCUT2D eigenvalue weighted by atomic mass is 9.94. The van der Waals surface area contributed by atoms with Crippen LogP contribution in [0.2, 0.25) is 19.6 Å². The molecule has 9 heteroatoms. The number of carbonyl (C=O) groups is 3. The smallest absolute Gasteiger partial charge is 0.329 e. The van der Waals surface area contributed by atoms with Gasteiger partial charge in [0.1, 0.15) is 25.6 Å². The van der Waals surface area contributed by atoms with E-state index in [-0.39, 0.29) is 17.7 Å². The van der Waals surface area contributed by atoms with Crippen LogP contribution in [0, 0.1) is 18.8 Å². The van der Waals surface area contributed by atoms with E-state index in [0.717, 1.165) is 0 Å². The first-order valence-corrected chi connectivity index (χ1v) is 14.3. The number of rotatable bonds is 8. The number of ether oxygens (including phenoxy) is 1. The number of nitrogens with zero attached hydrogens (tertiary/aromatic N) is 2. The van der Waals surface area contributed by atoms with Crippen LogP contribution >= 0.6 is 0 Å². The average Bonchev–Trinajstić information content (AvgIpc) is 3.29. The van der Waals surface area contributed by atoms with Crippen molar-refractivity contribution in [2.45, 2.75) is 72.3 Å². The standard InChI is InChI=1S/C22H35N3O5Si/c1-13(2)19(14(3)10-11-17(23)26)30-21(28)16-9-8-12-25(16)20(27)18-22(31(5,6)7)29-15(4)24-18/h10-11,13-14,16,19H,8-9,12H2,1-7H3,(H2,23,26)/b11-10+/t14-,16-,19-/m1/s1. The molecule has 1 fully saturated rings. The molecular weight excluding hydrogens is 414 g/mol. The molecule has 1 saturated heterocycles. The SMILES string of the molecule is Cc1nc(C(=O)N2CCC[C@@H]2C(=O)O[C@H](C(C)C)[C@H](C)/C=C/C(N)=O)c([Si](C)(C)C)o1. The first kappa shape index (κ1) is 24.8. The summed E-state index contributed by atoms with van der Waals surface area (Å²) in [4.78, 5) is 43.4. The topological polar surface area (TPSA) is 116 Å². The van der Waals surface area contributed by atoms with Crippen LogP contribution in [0.25, 0.3) is 0 Å². The highest BCUT2D eigenvalue weighted by molar-refractivity contribution is 6.88. The Bertz CT molecular complexity index is 856. The summed E-state index contributed by atoms with van der Waals surface area (Å²) >= 11 is 0. The van der Waals surface area contributed by atoms with Gasteiger partial charge in [0.2, 0.25) is 5.91 Å². The second-order valence-corrected chi connectivity index (χ2v) is 14.5. The van der Waals surface area contributed by atoms with Crippen LogP contribution < -0.4 is 11.1 Å². The van der Waals surface area contributed by atoms with Gasteiger partial charge in [-0.05, 0) is 24.8 Å². The van der Waals surface area contributed by atoms with Gasteiger partial charge in [-0.3, -0.25) is 9.59 Å². The van der Waals surface area contributed by atoms with Gasteiger partial charge >= 0.3 is 5.97 Å². The number of hydrogen-bond acceptors (Lipinski definition) is 6. The van der Waals surface area contributed by atoms with Crippen molar-refractivity contribution in [1.82, 2.24) is 9.88 Å². The molecule has 0 bridgehead atoms. The predicted octanol–water partition coefficient (Wildman–Crippen LogP) is 2.38. The summed E-state index contributed by atoms with van der Waals surface area (Å²) in [5, 5.41) is 0.652. The highest BCUT2D eigenvalue weighted by atomic mass is 28.3. The molecule has 2 heterocycles. The largest absolute Gasteiger partial charge is 0.460 e. The molecule has 2 amide bonds. The summed E-state index contributed by atoms with van der Waals surface area (Å²) in [6.45, 7) is 14.2. The summed E-state index contributed by atoms with van der Waals surface area (Å²) in [6.07, 6.45) is 3.75. The number of aryl methyl sites for hydroxylation is 1. The van der Waals surface area contributed by atoms with Crippen molar-refractivity contribution in [3.05, 3.63) is 23.7 Å². The van der Waals surface area contributed by atoms with Gasteiger partial charge in [0.05, 0.1) is 0 Å². The normalized spacial score (nSPS) is 19.1. The number of esters is 1. The lowest BCUT2D eigenvalue weighted by molar-refractivity contribution is -0.158. The van der Waals surface area contributed by atoms with Crippen LogP contribution in [-0.2, 0) is 14.3 Å². The number of likely N-dealkylation sites (tertiary alicyclic amines) is 1. The molecule has 0 unspecified atom stereocenters. The third-order valence-electron chi connectivity index (χ3n) is 5.40. The minimum Gasteiger partial charge on any atom is -0.460 e. The van der Waals surface area contributed by atoms with Gasteiger partial charge in [0, 0.05) is 19.4 Å². The van der Waals surface area contributed by atoms with Crippen LogP contribution in [-0.4, -0.2) is 54.4 Å². The first-order chi connectivity index (χ1) is 14.3. The highest BCUT2D eigenvalue weighted by Crippen LogP contribution is 2.25. The summed E-state index contributed by atoms with van der Waals surface area (Å²) in [6, 6.07) is -0.660. The lowest BCUT2D eigenvalue weighted by Gasteiger charge is -2.29. The molecule has 0 aliphatic carbocycles. The molecule has 1 aliphatic rings. The minimum atomic E-state index is -1.93. The molecule has 0 radical (unpaired) electrons. The first-order valence-electron chi connectivity index (χ1n) is 10.8. The van der Waals surface area contributed by atoms with E-state index < -0.39 is 32.1 Å². The number of primary amides is 1. The molecule has 1 aromatic heterocycles. The molecule has 2 rings (SSSR count). The number of nitrogens with two attached hydrogens (primary N) is 1. The Morgan fingerprint density at radius 2 is 1.90 bits per heavy atom. The third kappa shape index (κ3) is 6.06. The molecule has 0 spiro atoms. The predicted molar refractivity (Wildman–Crippen MR) is 120 cm³/mol. The van der Waals surface area contributed by atoms with E-state index in [1.807, 2.05) is 20.8 Å². The molecule has 0 aromatic carbocycles. The lowest BCUT2D eigenvalue weighted by Crippen LogP contribution is -2.47. The van der Waals surface area contributed by atoms with Crippen molar-refractivity contribution in [1.29, 1.82) is 0 Å². The molecule has 172 valence electrons. The fourth-order valence-electron chi connectivity index (χ4n) is 3.89. The summed E-state index contributed by atoms with van der Waals surface area (Å²) in [5.74, 6) is -0.976. The Kier molecular flexibility index (Phi) is 7.86. The van der Waals surface area contributed by atoms with Crippen LogP contribution in [0.15, 0.2) is 16.6 Å². The van der Waals surface area contributed by atoms with Crippen molar-refractivity contribution in [2.75, 3.05) is 6.54 Å². The Morgan fingerprint density at radius 1 is 1.26 bits per heavy atom. The molecule has 0 saturated carbocycles. The van der Waals surface area contributed by atoms with Crippen LogP contribution in [0.3, 0.4) is 0 Å². The van der Waals surface area contributed by atoms with Crippen LogP contribution in [0.4, 0.5) is 0 Å². The highest BCUT2D eigenvalue weighted by Gasteiger charge is 2.41. The molecule has 2 N–H and O–H groups in total. The van der Waals surface area contributed by atoms with Crippen molar-refractivity contribution in [3.63, 3.8) is 0 Å². The zero-order chi connectivity index (χ0) is 23.5. The molecule has 8 nitrogen and oxygen atoms in total. The third-order valence-corrected chi connectivity index (χ3v) is 7.10. The molecule has 1 aromatic rings. The van der Waals surface area contributed by atoms with Crippen LogP contribution in [0.1, 0.15) is 50.0 Å². The van der Waals surface area contributed by atoms with Gasteiger partial charge in [-0.25, -0.2) is 9.78 Å². The Balaban J connectivity index is 2.22. The van der Waals surface area contributed by atoms with Gasteiger partial charge in [0.25, 0.3) is 5.91 Å². The van der Waals surface area contributed by atoms with Gasteiger partial charge in [-0.2, -0.15) is 0 Å². The molecule has 1 aliphatic heterocycles. The summed E-state index contributed by atoms with van der Waals surface area (Å²) < 4.78 is 11.6. The molecular formula is C22H35N3O5Si. The van der Waals surface area contributed by atoms with Crippen molar-refractivity contribution < 1.29 is 23.5 Å². The Morgan fingerprint density at radius 3 is 2.45 bits per heavy atom. The van der Waals surface area contributed by atoms with E-state index in [4.69, 9.17) is 14.9 Å². The quantitative estimate of drug-likeness (QED) is 0.370. The fraction of sp³-hybridized carbons (Fsp3) is 0.636. The zero-order valence-electron chi connectivity index (χ0n) is 19.6. The van der Waals surface area contributed by atoms with E-state index in [1.54, 1.807) is 17.9 Å². The Hall–Kier alpha value is -2.42. The maximum atomic E-state index is 13.3.